The van der Waals surface area contributed by atoms with Gasteiger partial charge in [-0.1, -0.05) is 12.8 Å². The van der Waals surface area contributed by atoms with E-state index in [1.807, 2.05) is 31.9 Å². The highest BCUT2D eigenvalue weighted by Crippen LogP contribution is 2.40. The predicted molar refractivity (Wildman–Crippen MR) is 79.5 cm³/mol. The summed E-state index contributed by atoms with van der Waals surface area (Å²) in [5.74, 6) is 1.63. The van der Waals surface area contributed by atoms with Crippen molar-refractivity contribution < 1.29 is 0 Å². The summed E-state index contributed by atoms with van der Waals surface area (Å²) >= 11 is 1.99. The van der Waals surface area contributed by atoms with Gasteiger partial charge < -0.3 is 10.6 Å². The summed E-state index contributed by atoms with van der Waals surface area (Å²) < 4.78 is 0.400. The number of aromatic nitrogens is 2. The van der Waals surface area contributed by atoms with Crippen LogP contribution in [0.15, 0.2) is 6.20 Å². The summed E-state index contributed by atoms with van der Waals surface area (Å²) in [6, 6.07) is 0. The maximum Gasteiger partial charge on any atom is 0.224 e. The minimum absolute atomic E-state index is 0.400. The van der Waals surface area contributed by atoms with Crippen molar-refractivity contribution in [3.05, 3.63) is 11.8 Å². The molecule has 18 heavy (non-hydrogen) atoms. The SMILES string of the molecule is CNc1ncc(C)c(NCC2(SC)CCCC2)n1. The number of hydrogen-bond acceptors (Lipinski definition) is 5. The fourth-order valence-electron chi connectivity index (χ4n) is 2.46. The largest absolute Gasteiger partial charge is 0.368 e. The Kier molecular flexibility index (Phi) is 4.32. The standard InChI is InChI=1S/C13H22N4S/c1-10-8-15-12(14-2)17-11(10)16-9-13(18-3)6-4-5-7-13/h8H,4-7,9H2,1-3H3,(H2,14,15,16,17). The summed E-state index contributed by atoms with van der Waals surface area (Å²) in [6.45, 7) is 3.04. The van der Waals surface area contributed by atoms with E-state index in [4.69, 9.17) is 0 Å². The third kappa shape index (κ3) is 2.88. The Hall–Kier alpha value is -0.970. The van der Waals surface area contributed by atoms with Crippen molar-refractivity contribution in [2.45, 2.75) is 37.4 Å². The fourth-order valence-corrected chi connectivity index (χ4v) is 3.37. The van der Waals surface area contributed by atoms with E-state index < -0.39 is 0 Å². The smallest absolute Gasteiger partial charge is 0.224 e. The molecule has 0 atom stereocenters. The summed E-state index contributed by atoms with van der Waals surface area (Å²) in [5.41, 5.74) is 1.10. The average molecular weight is 266 g/mol. The van der Waals surface area contributed by atoms with Crippen molar-refractivity contribution in [1.82, 2.24) is 9.97 Å². The van der Waals surface area contributed by atoms with E-state index in [0.29, 0.717) is 10.7 Å². The van der Waals surface area contributed by atoms with Gasteiger partial charge in [0, 0.05) is 30.1 Å². The third-order valence-corrected chi connectivity index (χ3v) is 5.14. The Bertz CT molecular complexity index is 402. The molecule has 0 aliphatic heterocycles. The second-order valence-corrected chi connectivity index (χ2v) is 6.20. The molecule has 0 bridgehead atoms. The molecular formula is C13H22N4S. The lowest BCUT2D eigenvalue weighted by molar-refractivity contribution is 0.638. The molecule has 1 fully saturated rings. The van der Waals surface area contributed by atoms with Crippen molar-refractivity contribution in [2.24, 2.45) is 0 Å². The Morgan fingerprint density at radius 3 is 2.72 bits per heavy atom. The first-order valence-electron chi connectivity index (χ1n) is 6.49. The Morgan fingerprint density at radius 1 is 1.39 bits per heavy atom. The normalized spacial score (nSPS) is 17.7. The van der Waals surface area contributed by atoms with E-state index in [9.17, 15) is 0 Å². The zero-order valence-electron chi connectivity index (χ0n) is 11.4. The second-order valence-electron chi connectivity index (χ2n) is 4.92. The highest BCUT2D eigenvalue weighted by molar-refractivity contribution is 8.00. The molecule has 100 valence electrons. The third-order valence-electron chi connectivity index (χ3n) is 3.72. The number of nitrogens with one attached hydrogen (secondary N) is 2. The van der Waals surface area contributed by atoms with Crippen LogP contribution < -0.4 is 10.6 Å². The van der Waals surface area contributed by atoms with Crippen LogP contribution in [0, 0.1) is 6.92 Å². The molecule has 1 aromatic rings. The molecule has 0 amide bonds. The van der Waals surface area contributed by atoms with Gasteiger partial charge in [-0.25, -0.2) is 4.98 Å². The van der Waals surface area contributed by atoms with Crippen molar-refractivity contribution in [1.29, 1.82) is 0 Å². The average Bonchev–Trinajstić information content (AvgIpc) is 2.87. The molecule has 1 aliphatic carbocycles. The van der Waals surface area contributed by atoms with E-state index in [1.54, 1.807) is 0 Å². The van der Waals surface area contributed by atoms with Crippen LogP contribution in [0.4, 0.5) is 11.8 Å². The number of thioether (sulfide) groups is 1. The molecule has 0 aromatic carbocycles. The van der Waals surface area contributed by atoms with E-state index in [0.717, 1.165) is 17.9 Å². The Labute approximate surface area is 113 Å². The molecule has 0 spiro atoms. The molecular weight excluding hydrogens is 244 g/mol. The second kappa shape index (κ2) is 5.78. The molecule has 0 saturated heterocycles. The first-order chi connectivity index (χ1) is 8.69. The topological polar surface area (TPSA) is 49.8 Å². The Morgan fingerprint density at radius 2 is 2.11 bits per heavy atom. The van der Waals surface area contributed by atoms with E-state index in [-0.39, 0.29) is 0 Å². The lowest BCUT2D eigenvalue weighted by atomic mass is 10.1. The molecule has 0 unspecified atom stereocenters. The van der Waals surface area contributed by atoms with E-state index in [1.165, 1.54) is 25.7 Å². The molecule has 5 heteroatoms. The molecule has 0 radical (unpaired) electrons. The van der Waals surface area contributed by atoms with Gasteiger partial charge in [0.05, 0.1) is 0 Å². The van der Waals surface area contributed by atoms with Crippen LogP contribution in [0.2, 0.25) is 0 Å². The highest BCUT2D eigenvalue weighted by Gasteiger charge is 2.32. The molecule has 1 heterocycles. The van der Waals surface area contributed by atoms with Crippen LogP contribution in [0.1, 0.15) is 31.2 Å². The number of rotatable bonds is 5. The van der Waals surface area contributed by atoms with Crippen LogP contribution >= 0.6 is 11.8 Å². The molecule has 2 N–H and O–H groups in total. The zero-order valence-corrected chi connectivity index (χ0v) is 12.2. The maximum absolute atomic E-state index is 4.47. The van der Waals surface area contributed by atoms with Crippen LogP contribution in [0.3, 0.4) is 0 Å². The van der Waals surface area contributed by atoms with Gasteiger partial charge in [0.2, 0.25) is 5.95 Å². The van der Waals surface area contributed by atoms with Gasteiger partial charge in [0.1, 0.15) is 5.82 Å². The monoisotopic (exact) mass is 266 g/mol. The summed E-state index contributed by atoms with van der Waals surface area (Å²) in [4.78, 5) is 8.68. The van der Waals surface area contributed by atoms with Gasteiger partial charge in [0.15, 0.2) is 0 Å². The number of nitrogens with zero attached hydrogens (tertiary/aromatic N) is 2. The van der Waals surface area contributed by atoms with Crippen molar-refractivity contribution >= 4 is 23.5 Å². The maximum atomic E-state index is 4.47. The summed E-state index contributed by atoms with van der Waals surface area (Å²) in [6.07, 6.45) is 9.41. The van der Waals surface area contributed by atoms with E-state index >= 15 is 0 Å². The van der Waals surface area contributed by atoms with Crippen LogP contribution in [0.5, 0.6) is 0 Å². The number of hydrogen-bond donors (Lipinski definition) is 2. The summed E-state index contributed by atoms with van der Waals surface area (Å²) in [7, 11) is 1.84. The van der Waals surface area contributed by atoms with Crippen molar-refractivity contribution in [2.75, 3.05) is 30.5 Å². The van der Waals surface area contributed by atoms with Crippen molar-refractivity contribution in [3.63, 3.8) is 0 Å². The van der Waals surface area contributed by atoms with Gasteiger partial charge in [-0.15, -0.1) is 0 Å². The first kappa shape index (κ1) is 13.5. The quantitative estimate of drug-likeness (QED) is 0.858. The van der Waals surface area contributed by atoms with Gasteiger partial charge in [-0.05, 0) is 26.0 Å². The number of aryl methyl sites for hydroxylation is 1. The zero-order chi connectivity index (χ0) is 13.0. The van der Waals surface area contributed by atoms with Gasteiger partial charge in [0.25, 0.3) is 0 Å². The Balaban J connectivity index is 2.05. The van der Waals surface area contributed by atoms with Crippen LogP contribution in [0.25, 0.3) is 0 Å². The highest BCUT2D eigenvalue weighted by atomic mass is 32.2. The van der Waals surface area contributed by atoms with Crippen LogP contribution in [-0.4, -0.2) is 34.6 Å². The predicted octanol–water partition coefficient (Wildman–Crippen LogP) is 2.91. The molecule has 1 saturated carbocycles. The minimum Gasteiger partial charge on any atom is -0.368 e. The van der Waals surface area contributed by atoms with Gasteiger partial charge >= 0.3 is 0 Å². The van der Waals surface area contributed by atoms with Gasteiger partial charge in [-0.2, -0.15) is 16.7 Å². The lowest BCUT2D eigenvalue weighted by Gasteiger charge is -2.27. The first-order valence-corrected chi connectivity index (χ1v) is 7.72. The molecule has 1 aliphatic rings. The molecule has 1 aromatic heterocycles. The fraction of sp³-hybridized carbons (Fsp3) is 0.692. The molecule has 2 rings (SSSR count). The molecule has 4 nitrogen and oxygen atoms in total. The minimum atomic E-state index is 0.400. The van der Waals surface area contributed by atoms with Crippen molar-refractivity contribution in [3.8, 4) is 0 Å². The summed E-state index contributed by atoms with van der Waals surface area (Å²) in [5, 5.41) is 6.49. The van der Waals surface area contributed by atoms with Crippen LogP contribution in [-0.2, 0) is 0 Å². The lowest BCUT2D eigenvalue weighted by Crippen LogP contribution is -2.30. The van der Waals surface area contributed by atoms with E-state index in [2.05, 4.69) is 26.9 Å². The van der Waals surface area contributed by atoms with Gasteiger partial charge in [-0.3, -0.25) is 0 Å². The number of anilines is 2.